The topological polar surface area (TPSA) is 96.9 Å². The van der Waals surface area contributed by atoms with Crippen LogP contribution in [0, 0.1) is 5.92 Å². The number of para-hydroxylation sites is 1. The Kier molecular flexibility index (Phi) is 4.45. The minimum absolute atomic E-state index is 0.0474. The normalized spacial score (nSPS) is 21.9. The molecule has 6 nitrogen and oxygen atoms in total. The van der Waals surface area contributed by atoms with Gasteiger partial charge >= 0.3 is 0 Å². The van der Waals surface area contributed by atoms with Gasteiger partial charge in [-0.3, -0.25) is 4.79 Å². The zero-order chi connectivity index (χ0) is 14.5. The SMILES string of the molecule is CC1CC(NC(=O)COc2ccccc2/C(N)=N/O)C1. The lowest BCUT2D eigenvalue weighted by molar-refractivity contribution is -0.124. The molecule has 0 unspecified atom stereocenters. The predicted octanol–water partition coefficient (Wildman–Crippen LogP) is 1.07. The molecule has 1 fully saturated rings. The van der Waals surface area contributed by atoms with E-state index in [0.717, 1.165) is 12.8 Å². The van der Waals surface area contributed by atoms with Crippen LogP contribution in [0.4, 0.5) is 0 Å². The first kappa shape index (κ1) is 14.2. The van der Waals surface area contributed by atoms with E-state index in [0.29, 0.717) is 17.2 Å². The first-order chi connectivity index (χ1) is 9.60. The summed E-state index contributed by atoms with van der Waals surface area (Å²) in [4.78, 5) is 11.7. The number of rotatable bonds is 5. The van der Waals surface area contributed by atoms with Crippen LogP contribution in [0.15, 0.2) is 29.4 Å². The van der Waals surface area contributed by atoms with Crippen LogP contribution in [0.2, 0.25) is 0 Å². The van der Waals surface area contributed by atoms with Gasteiger partial charge in [0.15, 0.2) is 12.4 Å². The van der Waals surface area contributed by atoms with Crippen molar-refractivity contribution < 1.29 is 14.7 Å². The zero-order valence-corrected chi connectivity index (χ0v) is 11.4. The van der Waals surface area contributed by atoms with E-state index >= 15 is 0 Å². The van der Waals surface area contributed by atoms with Gasteiger partial charge in [0.2, 0.25) is 0 Å². The lowest BCUT2D eigenvalue weighted by Crippen LogP contribution is -2.45. The highest BCUT2D eigenvalue weighted by atomic mass is 16.5. The molecule has 0 bridgehead atoms. The Morgan fingerprint density at radius 3 is 2.85 bits per heavy atom. The molecule has 6 heteroatoms. The lowest BCUT2D eigenvalue weighted by Gasteiger charge is -2.33. The quantitative estimate of drug-likeness (QED) is 0.324. The van der Waals surface area contributed by atoms with Crippen molar-refractivity contribution in [3.8, 4) is 5.75 Å². The molecule has 0 atom stereocenters. The van der Waals surface area contributed by atoms with Crippen LogP contribution in [-0.2, 0) is 4.79 Å². The van der Waals surface area contributed by atoms with Crippen molar-refractivity contribution in [3.05, 3.63) is 29.8 Å². The van der Waals surface area contributed by atoms with Crippen molar-refractivity contribution >= 4 is 11.7 Å². The van der Waals surface area contributed by atoms with Gasteiger partial charge in [0.25, 0.3) is 5.91 Å². The van der Waals surface area contributed by atoms with Crippen molar-refractivity contribution in [3.63, 3.8) is 0 Å². The number of nitrogens with two attached hydrogens (primary N) is 1. The summed E-state index contributed by atoms with van der Waals surface area (Å²) in [6.07, 6.45) is 2.04. The molecule has 1 aliphatic carbocycles. The number of carbonyl (C=O) groups excluding carboxylic acids is 1. The van der Waals surface area contributed by atoms with Crippen molar-refractivity contribution in [1.29, 1.82) is 0 Å². The second-order valence-electron chi connectivity index (χ2n) is 5.11. The number of amides is 1. The Hall–Kier alpha value is -2.24. The Morgan fingerprint density at radius 2 is 2.20 bits per heavy atom. The third-order valence-electron chi connectivity index (χ3n) is 3.37. The van der Waals surface area contributed by atoms with E-state index in [1.165, 1.54) is 0 Å². The molecule has 1 aromatic rings. The average molecular weight is 277 g/mol. The van der Waals surface area contributed by atoms with Crippen LogP contribution < -0.4 is 15.8 Å². The maximum atomic E-state index is 11.7. The first-order valence-corrected chi connectivity index (χ1v) is 6.59. The number of oxime groups is 1. The van der Waals surface area contributed by atoms with Crippen molar-refractivity contribution in [2.24, 2.45) is 16.8 Å². The van der Waals surface area contributed by atoms with E-state index < -0.39 is 0 Å². The summed E-state index contributed by atoms with van der Waals surface area (Å²) >= 11 is 0. The second kappa shape index (κ2) is 6.27. The number of hydrogen-bond donors (Lipinski definition) is 3. The minimum Gasteiger partial charge on any atom is -0.483 e. The number of benzene rings is 1. The molecule has 108 valence electrons. The van der Waals surface area contributed by atoms with E-state index in [-0.39, 0.29) is 24.4 Å². The third-order valence-corrected chi connectivity index (χ3v) is 3.37. The Balaban J connectivity index is 1.89. The van der Waals surface area contributed by atoms with Gasteiger partial charge in [-0.15, -0.1) is 0 Å². The molecule has 0 aliphatic heterocycles. The summed E-state index contributed by atoms with van der Waals surface area (Å²) in [5.74, 6) is 0.896. The fraction of sp³-hybridized carbons (Fsp3) is 0.429. The summed E-state index contributed by atoms with van der Waals surface area (Å²) in [6.45, 7) is 2.08. The largest absolute Gasteiger partial charge is 0.483 e. The molecular weight excluding hydrogens is 258 g/mol. The van der Waals surface area contributed by atoms with Gasteiger partial charge in [-0.25, -0.2) is 0 Å². The van der Waals surface area contributed by atoms with Crippen molar-refractivity contribution in [2.75, 3.05) is 6.61 Å². The van der Waals surface area contributed by atoms with Gasteiger partial charge in [0.05, 0.1) is 5.56 Å². The number of carbonyl (C=O) groups is 1. The molecule has 1 amide bonds. The van der Waals surface area contributed by atoms with E-state index in [1.54, 1.807) is 24.3 Å². The molecule has 0 heterocycles. The smallest absolute Gasteiger partial charge is 0.258 e. The van der Waals surface area contributed by atoms with Gasteiger partial charge in [-0.1, -0.05) is 24.2 Å². The summed E-state index contributed by atoms with van der Waals surface area (Å²) in [5, 5.41) is 14.5. The second-order valence-corrected chi connectivity index (χ2v) is 5.11. The fourth-order valence-electron chi connectivity index (χ4n) is 2.29. The molecule has 1 saturated carbocycles. The maximum absolute atomic E-state index is 11.7. The number of nitrogens with one attached hydrogen (secondary N) is 1. The number of amidine groups is 1. The van der Waals surface area contributed by atoms with Gasteiger partial charge in [0.1, 0.15) is 5.75 Å². The Morgan fingerprint density at radius 1 is 1.50 bits per heavy atom. The number of nitrogens with zero attached hydrogens (tertiary/aromatic N) is 1. The van der Waals surface area contributed by atoms with Crippen LogP contribution >= 0.6 is 0 Å². The van der Waals surface area contributed by atoms with Crippen molar-refractivity contribution in [2.45, 2.75) is 25.8 Å². The van der Waals surface area contributed by atoms with Crippen molar-refractivity contribution in [1.82, 2.24) is 5.32 Å². The van der Waals surface area contributed by atoms with Gasteiger partial charge < -0.3 is 21.0 Å². The van der Waals surface area contributed by atoms with E-state index in [1.807, 2.05) is 0 Å². The van der Waals surface area contributed by atoms with Gasteiger partial charge in [-0.2, -0.15) is 0 Å². The standard InChI is InChI=1S/C14H19N3O3/c1-9-6-10(7-9)16-13(18)8-20-12-5-3-2-4-11(12)14(15)17-19/h2-5,9-10,19H,6-8H2,1H3,(H2,15,17)(H,16,18). The third kappa shape index (κ3) is 3.40. The molecule has 0 radical (unpaired) electrons. The predicted molar refractivity (Wildman–Crippen MR) is 74.8 cm³/mol. The Bertz CT molecular complexity index is 510. The molecule has 1 aromatic carbocycles. The molecule has 2 rings (SSSR count). The van der Waals surface area contributed by atoms with E-state index in [2.05, 4.69) is 17.4 Å². The maximum Gasteiger partial charge on any atom is 0.258 e. The number of hydrogen-bond acceptors (Lipinski definition) is 4. The Labute approximate surface area is 117 Å². The van der Waals surface area contributed by atoms with E-state index in [4.69, 9.17) is 15.7 Å². The molecule has 0 saturated heterocycles. The van der Waals surface area contributed by atoms with E-state index in [9.17, 15) is 4.79 Å². The molecule has 20 heavy (non-hydrogen) atoms. The average Bonchev–Trinajstić information content (AvgIpc) is 2.43. The van der Waals surface area contributed by atoms with Crippen LogP contribution in [0.5, 0.6) is 5.75 Å². The van der Waals surface area contributed by atoms with Crippen LogP contribution in [0.1, 0.15) is 25.3 Å². The van der Waals surface area contributed by atoms with Gasteiger partial charge in [-0.05, 0) is 30.9 Å². The summed E-state index contributed by atoms with van der Waals surface area (Å²) < 4.78 is 5.43. The molecule has 0 aromatic heterocycles. The van der Waals surface area contributed by atoms with Crippen LogP contribution in [0.3, 0.4) is 0 Å². The summed E-state index contributed by atoms with van der Waals surface area (Å²) in [6, 6.07) is 7.10. The molecular formula is C14H19N3O3. The molecule has 4 N–H and O–H groups in total. The van der Waals surface area contributed by atoms with Gasteiger partial charge in [0, 0.05) is 6.04 Å². The summed E-state index contributed by atoms with van der Waals surface area (Å²) in [7, 11) is 0. The highest BCUT2D eigenvalue weighted by Crippen LogP contribution is 2.26. The lowest BCUT2D eigenvalue weighted by atomic mass is 9.82. The summed E-state index contributed by atoms with van der Waals surface area (Å²) in [5.41, 5.74) is 6.01. The van der Waals surface area contributed by atoms with Crippen LogP contribution in [-0.4, -0.2) is 29.6 Å². The molecule has 1 aliphatic rings. The fourth-order valence-corrected chi connectivity index (χ4v) is 2.29. The number of ether oxygens (including phenoxy) is 1. The monoisotopic (exact) mass is 277 g/mol. The molecule has 0 spiro atoms. The zero-order valence-electron chi connectivity index (χ0n) is 11.4. The van der Waals surface area contributed by atoms with Crippen LogP contribution in [0.25, 0.3) is 0 Å². The minimum atomic E-state index is -0.156. The highest BCUT2D eigenvalue weighted by molar-refractivity contribution is 5.99. The highest BCUT2D eigenvalue weighted by Gasteiger charge is 2.26. The first-order valence-electron chi connectivity index (χ1n) is 6.59.